The maximum absolute atomic E-state index is 13.2. The number of amides is 1. The van der Waals surface area contributed by atoms with Crippen molar-refractivity contribution in [2.75, 3.05) is 32.0 Å². The fourth-order valence-corrected chi connectivity index (χ4v) is 5.11. The molecule has 0 saturated carbocycles. The number of likely N-dealkylation sites (tertiary alicyclic amines) is 1. The van der Waals surface area contributed by atoms with Crippen LogP contribution in [0.5, 0.6) is 11.5 Å². The second-order valence-electron chi connectivity index (χ2n) is 7.93. The Balaban J connectivity index is 1.61. The molecule has 2 heterocycles. The van der Waals surface area contributed by atoms with Gasteiger partial charge in [0.25, 0.3) is 10.0 Å². The molecule has 0 spiro atoms. The van der Waals surface area contributed by atoms with Crippen molar-refractivity contribution in [1.82, 2.24) is 15.0 Å². The lowest BCUT2D eigenvalue weighted by atomic mass is 10.1. The predicted octanol–water partition coefficient (Wildman–Crippen LogP) is 3.49. The second kappa shape index (κ2) is 9.72. The summed E-state index contributed by atoms with van der Waals surface area (Å²) in [4.78, 5) is 18.6. The summed E-state index contributed by atoms with van der Waals surface area (Å²) in [5.74, 6) is 0.564. The fourth-order valence-electron chi connectivity index (χ4n) is 3.77. The third-order valence-electron chi connectivity index (χ3n) is 5.64. The van der Waals surface area contributed by atoms with Crippen molar-refractivity contribution in [2.24, 2.45) is 0 Å². The fraction of sp³-hybridized carbons (Fsp3) is 0.348. The first kappa shape index (κ1) is 23.6. The quantitative estimate of drug-likeness (QED) is 0.538. The molecule has 1 aliphatic heterocycles. The number of rotatable bonds is 7. The number of nitrogens with zero attached hydrogens (tertiary/aromatic N) is 3. The van der Waals surface area contributed by atoms with Gasteiger partial charge in [0.2, 0.25) is 5.82 Å². The van der Waals surface area contributed by atoms with Gasteiger partial charge in [-0.3, -0.25) is 9.52 Å². The Hall–Kier alpha value is -3.60. The highest BCUT2D eigenvalue weighted by Gasteiger charge is 2.25. The maximum atomic E-state index is 13.2. The average molecular weight is 487 g/mol. The highest BCUT2D eigenvalue weighted by atomic mass is 32.2. The van der Waals surface area contributed by atoms with E-state index >= 15 is 0 Å². The number of anilines is 1. The Labute approximate surface area is 197 Å². The van der Waals surface area contributed by atoms with Gasteiger partial charge in [-0.25, -0.2) is 8.42 Å². The van der Waals surface area contributed by atoms with Crippen LogP contribution in [0.1, 0.15) is 35.5 Å². The summed E-state index contributed by atoms with van der Waals surface area (Å²) in [5.41, 5.74) is 1.20. The molecular formula is C23H26N4O6S. The van der Waals surface area contributed by atoms with Crippen molar-refractivity contribution in [3.63, 3.8) is 0 Å². The van der Waals surface area contributed by atoms with Gasteiger partial charge in [-0.2, -0.15) is 4.98 Å². The molecule has 1 aliphatic rings. The van der Waals surface area contributed by atoms with Crippen LogP contribution in [0.2, 0.25) is 0 Å². The minimum atomic E-state index is -3.99. The summed E-state index contributed by atoms with van der Waals surface area (Å²) in [6.07, 6.45) is 2.98. The van der Waals surface area contributed by atoms with Gasteiger partial charge in [-0.1, -0.05) is 17.3 Å². The number of benzene rings is 2. The summed E-state index contributed by atoms with van der Waals surface area (Å²) in [6.45, 7) is 3.00. The van der Waals surface area contributed by atoms with Crippen molar-refractivity contribution in [3.05, 3.63) is 47.9 Å². The number of methoxy groups -OCH3 is 2. The van der Waals surface area contributed by atoms with Gasteiger partial charge in [0, 0.05) is 24.7 Å². The number of carbonyl (C=O) groups excluding carboxylic acids is 1. The van der Waals surface area contributed by atoms with Crippen LogP contribution >= 0.6 is 0 Å². The number of nitrogens with one attached hydrogen (secondary N) is 1. The van der Waals surface area contributed by atoms with Crippen molar-refractivity contribution >= 4 is 21.6 Å². The molecule has 0 radical (unpaired) electrons. The van der Waals surface area contributed by atoms with Crippen molar-refractivity contribution in [2.45, 2.75) is 31.1 Å². The van der Waals surface area contributed by atoms with Crippen LogP contribution in [0.15, 0.2) is 45.8 Å². The molecule has 4 rings (SSSR count). The van der Waals surface area contributed by atoms with Crippen LogP contribution in [0.25, 0.3) is 11.4 Å². The monoisotopic (exact) mass is 486 g/mol. The first-order chi connectivity index (χ1) is 16.3. The number of ether oxygens (including phenoxy) is 2. The van der Waals surface area contributed by atoms with Gasteiger partial charge < -0.3 is 18.9 Å². The molecule has 11 heteroatoms. The average Bonchev–Trinajstić information content (AvgIpc) is 3.34. The zero-order chi connectivity index (χ0) is 24.3. The van der Waals surface area contributed by atoms with E-state index in [2.05, 4.69) is 14.9 Å². The molecule has 0 bridgehead atoms. The second-order valence-corrected chi connectivity index (χ2v) is 9.58. The summed E-state index contributed by atoms with van der Waals surface area (Å²) in [6, 6.07) is 9.56. The van der Waals surface area contributed by atoms with Gasteiger partial charge in [0.1, 0.15) is 11.5 Å². The van der Waals surface area contributed by atoms with Gasteiger partial charge in [-0.15, -0.1) is 0 Å². The Morgan fingerprint density at radius 2 is 1.82 bits per heavy atom. The minimum Gasteiger partial charge on any atom is -0.497 e. The molecule has 0 atom stereocenters. The van der Waals surface area contributed by atoms with Crippen molar-refractivity contribution in [1.29, 1.82) is 0 Å². The third kappa shape index (κ3) is 4.84. The number of carbonyl (C=O) groups is 1. The molecule has 1 saturated heterocycles. The molecular weight excluding hydrogens is 460 g/mol. The number of hydrogen-bond acceptors (Lipinski definition) is 8. The van der Waals surface area contributed by atoms with Crippen LogP contribution < -0.4 is 14.2 Å². The molecule has 0 unspecified atom stereocenters. The lowest BCUT2D eigenvalue weighted by Crippen LogP contribution is -2.35. The van der Waals surface area contributed by atoms with E-state index in [-0.39, 0.29) is 28.2 Å². The van der Waals surface area contributed by atoms with Gasteiger partial charge in [0.15, 0.2) is 0 Å². The molecule has 1 aromatic heterocycles. The van der Waals surface area contributed by atoms with Crippen molar-refractivity contribution in [3.8, 4) is 22.9 Å². The molecule has 2 aromatic carbocycles. The molecule has 1 fully saturated rings. The van der Waals surface area contributed by atoms with E-state index in [1.165, 1.54) is 20.3 Å². The molecule has 0 aliphatic carbocycles. The number of piperidine rings is 1. The van der Waals surface area contributed by atoms with E-state index in [9.17, 15) is 13.2 Å². The molecule has 1 N–H and O–H groups in total. The van der Waals surface area contributed by atoms with Crippen molar-refractivity contribution < 1.29 is 27.2 Å². The number of aryl methyl sites for hydroxylation is 1. The van der Waals surface area contributed by atoms with Gasteiger partial charge in [0.05, 0.1) is 24.8 Å². The van der Waals surface area contributed by atoms with E-state index in [1.807, 2.05) is 0 Å². The SMILES string of the molecule is COc1ccc(NS(=O)(=O)c2cc(-c3noc(C(=O)N4CCCCC4)n3)ccc2C)c(OC)c1. The van der Waals surface area contributed by atoms with Crippen LogP contribution in [0.4, 0.5) is 5.69 Å². The number of hydrogen-bond donors (Lipinski definition) is 1. The van der Waals surface area contributed by atoms with Gasteiger partial charge in [-0.05, 0) is 49.9 Å². The number of sulfonamides is 1. The number of aromatic nitrogens is 2. The normalized spacial score (nSPS) is 14.0. The Kier molecular flexibility index (Phi) is 6.73. The zero-order valence-corrected chi connectivity index (χ0v) is 20.0. The zero-order valence-electron chi connectivity index (χ0n) is 19.2. The van der Waals surface area contributed by atoms with E-state index in [4.69, 9.17) is 14.0 Å². The standard InChI is InChI=1S/C23H26N4O6S/c1-15-7-8-16(21-24-22(33-25-21)23(28)27-11-5-4-6-12-27)13-20(15)34(29,30)26-18-10-9-17(31-2)14-19(18)32-3/h7-10,13-14,26H,4-6,11-12H2,1-3H3. The predicted molar refractivity (Wildman–Crippen MR) is 125 cm³/mol. The molecule has 3 aromatic rings. The first-order valence-electron chi connectivity index (χ1n) is 10.8. The summed E-state index contributed by atoms with van der Waals surface area (Å²) in [7, 11) is -1.03. The highest BCUT2D eigenvalue weighted by molar-refractivity contribution is 7.92. The Morgan fingerprint density at radius 1 is 1.06 bits per heavy atom. The molecule has 10 nitrogen and oxygen atoms in total. The Bertz CT molecular complexity index is 1300. The summed E-state index contributed by atoms with van der Waals surface area (Å²) >= 11 is 0. The van der Waals surface area contributed by atoms with E-state index in [1.54, 1.807) is 42.2 Å². The van der Waals surface area contributed by atoms with Crippen LogP contribution in [0.3, 0.4) is 0 Å². The Morgan fingerprint density at radius 3 is 2.53 bits per heavy atom. The summed E-state index contributed by atoms with van der Waals surface area (Å²) < 4.78 is 44.7. The molecule has 180 valence electrons. The van der Waals surface area contributed by atoms with E-state index in [0.717, 1.165) is 19.3 Å². The topological polar surface area (TPSA) is 124 Å². The van der Waals surface area contributed by atoms with E-state index < -0.39 is 10.0 Å². The maximum Gasteiger partial charge on any atom is 0.316 e. The summed E-state index contributed by atoms with van der Waals surface area (Å²) in [5, 5.41) is 3.90. The van der Waals surface area contributed by atoms with Gasteiger partial charge >= 0.3 is 11.8 Å². The molecule has 1 amide bonds. The minimum absolute atomic E-state index is 0.0385. The first-order valence-corrected chi connectivity index (χ1v) is 12.3. The van der Waals surface area contributed by atoms with Crippen LogP contribution in [-0.2, 0) is 10.0 Å². The van der Waals surface area contributed by atoms with Crippen LogP contribution in [-0.4, -0.2) is 56.7 Å². The van der Waals surface area contributed by atoms with Crippen LogP contribution in [0, 0.1) is 6.92 Å². The smallest absolute Gasteiger partial charge is 0.316 e. The highest BCUT2D eigenvalue weighted by Crippen LogP contribution is 2.32. The lowest BCUT2D eigenvalue weighted by Gasteiger charge is -2.24. The van der Waals surface area contributed by atoms with E-state index in [0.29, 0.717) is 35.7 Å². The largest absolute Gasteiger partial charge is 0.497 e. The lowest BCUT2D eigenvalue weighted by molar-refractivity contribution is 0.0674. The third-order valence-corrected chi connectivity index (χ3v) is 7.15. The molecule has 34 heavy (non-hydrogen) atoms.